The zero-order valence-corrected chi connectivity index (χ0v) is 19.8. The Kier molecular flexibility index (Phi) is 7.18. The van der Waals surface area contributed by atoms with Gasteiger partial charge in [0, 0.05) is 30.9 Å². The van der Waals surface area contributed by atoms with Crippen LogP contribution in [0.25, 0.3) is 0 Å². The van der Waals surface area contributed by atoms with Crippen molar-refractivity contribution in [3.05, 3.63) is 113 Å². The first-order chi connectivity index (χ1) is 16.5. The van der Waals surface area contributed by atoms with Crippen LogP contribution in [0.4, 0.5) is 0 Å². The summed E-state index contributed by atoms with van der Waals surface area (Å²) in [6, 6.07) is 22.7. The maximum absolute atomic E-state index is 12.9. The molecule has 2 N–H and O–H groups in total. The van der Waals surface area contributed by atoms with E-state index in [1.54, 1.807) is 32.7 Å². The van der Waals surface area contributed by atoms with Gasteiger partial charge in [-0.2, -0.15) is 0 Å². The summed E-state index contributed by atoms with van der Waals surface area (Å²) in [5, 5.41) is 2.95. The predicted octanol–water partition coefficient (Wildman–Crippen LogP) is 4.93. The minimum absolute atomic E-state index is 0.170. The van der Waals surface area contributed by atoms with E-state index in [9.17, 15) is 4.79 Å². The molecule has 0 saturated carbocycles. The highest BCUT2D eigenvalue weighted by Crippen LogP contribution is 2.44. The Morgan fingerprint density at radius 1 is 0.941 bits per heavy atom. The molecule has 1 heterocycles. The Hall–Kier alpha value is -3.77. The van der Waals surface area contributed by atoms with Crippen molar-refractivity contribution >= 4 is 17.5 Å². The standard InChI is InChI=1S/C27H26ClN3O3/c1-33-23-10-6-20(7-11-23)27(28,21-8-12-24(34-2)13-9-21)22-5-3-4-19(18-22)26(32)31-15-14-25-29-16-17-30-25/h3-13,16-18H,14-15H2,1-2H3,(H,29,30)(H,31,32). The molecule has 0 bridgehead atoms. The van der Waals surface area contributed by atoms with E-state index in [1.165, 1.54) is 0 Å². The van der Waals surface area contributed by atoms with Gasteiger partial charge in [0.15, 0.2) is 0 Å². The lowest BCUT2D eigenvalue weighted by molar-refractivity contribution is 0.0954. The Morgan fingerprint density at radius 3 is 2.09 bits per heavy atom. The Labute approximate surface area is 203 Å². The number of hydrogen-bond acceptors (Lipinski definition) is 4. The van der Waals surface area contributed by atoms with E-state index in [0.29, 0.717) is 18.5 Å². The molecule has 1 aromatic heterocycles. The molecule has 0 radical (unpaired) electrons. The Bertz CT molecular complexity index is 1180. The number of carbonyl (C=O) groups excluding carboxylic acids is 1. The number of alkyl halides is 1. The van der Waals surface area contributed by atoms with Crippen molar-refractivity contribution in [2.45, 2.75) is 11.3 Å². The van der Waals surface area contributed by atoms with Gasteiger partial charge in [0.25, 0.3) is 5.91 Å². The fourth-order valence-electron chi connectivity index (χ4n) is 3.85. The van der Waals surface area contributed by atoms with Crippen molar-refractivity contribution in [2.75, 3.05) is 20.8 Å². The summed E-state index contributed by atoms with van der Waals surface area (Å²) < 4.78 is 10.6. The number of imidazole rings is 1. The van der Waals surface area contributed by atoms with E-state index in [1.807, 2.05) is 66.7 Å². The number of ether oxygens (including phenoxy) is 2. The molecule has 0 aliphatic heterocycles. The van der Waals surface area contributed by atoms with E-state index in [4.69, 9.17) is 21.1 Å². The molecular formula is C27H26ClN3O3. The van der Waals surface area contributed by atoms with Crippen molar-refractivity contribution in [3.63, 3.8) is 0 Å². The number of methoxy groups -OCH3 is 2. The third kappa shape index (κ3) is 4.92. The van der Waals surface area contributed by atoms with Gasteiger partial charge in [-0.3, -0.25) is 4.79 Å². The van der Waals surface area contributed by atoms with Gasteiger partial charge in [-0.15, -0.1) is 11.6 Å². The van der Waals surface area contributed by atoms with Crippen LogP contribution in [0.3, 0.4) is 0 Å². The third-order valence-electron chi connectivity index (χ3n) is 5.70. The average molecular weight is 476 g/mol. The summed E-state index contributed by atoms with van der Waals surface area (Å²) in [4.78, 5) is 19.1. The number of hydrogen-bond donors (Lipinski definition) is 2. The van der Waals surface area contributed by atoms with Crippen molar-refractivity contribution in [1.82, 2.24) is 15.3 Å². The second-order valence-corrected chi connectivity index (χ2v) is 8.30. The highest BCUT2D eigenvalue weighted by Gasteiger charge is 2.34. The number of nitrogens with zero attached hydrogens (tertiary/aromatic N) is 1. The molecule has 34 heavy (non-hydrogen) atoms. The van der Waals surface area contributed by atoms with E-state index in [2.05, 4.69) is 15.3 Å². The highest BCUT2D eigenvalue weighted by atomic mass is 35.5. The van der Waals surface area contributed by atoms with Gasteiger partial charge < -0.3 is 19.8 Å². The lowest BCUT2D eigenvalue weighted by atomic mass is 9.83. The summed E-state index contributed by atoms with van der Waals surface area (Å²) in [6.07, 6.45) is 4.08. The zero-order chi connectivity index (χ0) is 24.0. The summed E-state index contributed by atoms with van der Waals surface area (Å²) in [5.74, 6) is 2.13. The van der Waals surface area contributed by atoms with E-state index < -0.39 is 4.87 Å². The van der Waals surface area contributed by atoms with Gasteiger partial charge in [0.05, 0.1) is 14.2 Å². The topological polar surface area (TPSA) is 76.2 Å². The zero-order valence-electron chi connectivity index (χ0n) is 19.0. The van der Waals surface area contributed by atoms with Crippen molar-refractivity contribution in [3.8, 4) is 11.5 Å². The largest absolute Gasteiger partial charge is 0.497 e. The van der Waals surface area contributed by atoms with Crippen molar-refractivity contribution < 1.29 is 14.3 Å². The van der Waals surface area contributed by atoms with Crippen molar-refractivity contribution in [1.29, 1.82) is 0 Å². The quantitative estimate of drug-likeness (QED) is 0.266. The van der Waals surface area contributed by atoms with Crippen LogP contribution in [0.5, 0.6) is 11.5 Å². The second-order valence-electron chi connectivity index (χ2n) is 7.74. The summed E-state index contributed by atoms with van der Waals surface area (Å²) in [6.45, 7) is 0.472. The van der Waals surface area contributed by atoms with E-state index >= 15 is 0 Å². The number of rotatable bonds is 9. The van der Waals surface area contributed by atoms with Gasteiger partial charge in [0.2, 0.25) is 0 Å². The molecule has 0 unspecified atom stereocenters. The molecule has 4 rings (SSSR count). The molecule has 0 aliphatic carbocycles. The van der Waals surface area contributed by atoms with Crippen LogP contribution in [-0.4, -0.2) is 36.6 Å². The fourth-order valence-corrected chi connectivity index (χ4v) is 4.22. The number of benzene rings is 3. The van der Waals surface area contributed by atoms with Crippen LogP contribution in [0, 0.1) is 0 Å². The SMILES string of the molecule is COc1ccc(C(Cl)(c2ccc(OC)cc2)c2cccc(C(=O)NCCc3ncc[nH]3)c2)cc1. The average Bonchev–Trinajstić information content (AvgIpc) is 3.42. The van der Waals surface area contributed by atoms with E-state index in [-0.39, 0.29) is 5.91 Å². The first-order valence-electron chi connectivity index (χ1n) is 10.9. The van der Waals surface area contributed by atoms with Crippen LogP contribution in [0.15, 0.2) is 85.2 Å². The number of halogens is 1. The Morgan fingerprint density at radius 2 is 1.56 bits per heavy atom. The lowest BCUT2D eigenvalue weighted by Gasteiger charge is -2.30. The molecule has 3 aromatic carbocycles. The Balaban J connectivity index is 1.67. The van der Waals surface area contributed by atoms with Gasteiger partial charge in [-0.1, -0.05) is 36.4 Å². The molecular weight excluding hydrogens is 450 g/mol. The molecule has 6 nitrogen and oxygen atoms in total. The maximum atomic E-state index is 12.9. The van der Waals surface area contributed by atoms with Crippen molar-refractivity contribution in [2.24, 2.45) is 0 Å². The molecule has 174 valence electrons. The van der Waals surface area contributed by atoms with Crippen LogP contribution in [0.2, 0.25) is 0 Å². The molecule has 0 aliphatic rings. The van der Waals surface area contributed by atoms with Gasteiger partial charge in [0.1, 0.15) is 22.2 Å². The summed E-state index contributed by atoms with van der Waals surface area (Å²) >= 11 is 7.43. The van der Waals surface area contributed by atoms with Crippen LogP contribution < -0.4 is 14.8 Å². The number of aromatic amines is 1. The molecule has 1 amide bonds. The number of H-pyrrole nitrogens is 1. The van der Waals surface area contributed by atoms with Gasteiger partial charge >= 0.3 is 0 Å². The molecule has 7 heteroatoms. The predicted molar refractivity (Wildman–Crippen MR) is 133 cm³/mol. The first-order valence-corrected chi connectivity index (χ1v) is 11.3. The van der Waals surface area contributed by atoms with Crippen LogP contribution in [0.1, 0.15) is 32.9 Å². The molecule has 0 saturated heterocycles. The molecule has 4 aromatic rings. The maximum Gasteiger partial charge on any atom is 0.251 e. The van der Waals surface area contributed by atoms with Gasteiger partial charge in [-0.05, 0) is 53.1 Å². The number of nitrogens with one attached hydrogen (secondary N) is 2. The third-order valence-corrected chi connectivity index (χ3v) is 6.36. The lowest BCUT2D eigenvalue weighted by Crippen LogP contribution is -2.27. The summed E-state index contributed by atoms with van der Waals surface area (Å²) in [7, 11) is 3.25. The molecule has 0 spiro atoms. The van der Waals surface area contributed by atoms with Crippen LogP contribution in [-0.2, 0) is 11.3 Å². The molecule has 0 atom stereocenters. The van der Waals surface area contributed by atoms with Crippen LogP contribution >= 0.6 is 11.6 Å². The normalized spacial score (nSPS) is 11.1. The first kappa shape index (κ1) is 23.4. The second kappa shape index (κ2) is 10.4. The number of amides is 1. The monoisotopic (exact) mass is 475 g/mol. The fraction of sp³-hybridized carbons (Fsp3) is 0.185. The number of aromatic nitrogens is 2. The smallest absolute Gasteiger partial charge is 0.251 e. The minimum Gasteiger partial charge on any atom is -0.497 e. The minimum atomic E-state index is -1.02. The van der Waals surface area contributed by atoms with Gasteiger partial charge in [-0.25, -0.2) is 4.98 Å². The number of carbonyl (C=O) groups is 1. The summed E-state index contributed by atoms with van der Waals surface area (Å²) in [5.41, 5.74) is 3.03. The highest BCUT2D eigenvalue weighted by molar-refractivity contribution is 6.28. The van der Waals surface area contributed by atoms with E-state index in [0.717, 1.165) is 34.0 Å². The molecule has 0 fully saturated rings.